The maximum absolute atomic E-state index is 11.8. The molecule has 1 rings (SSSR count). The molecule has 1 aromatic carbocycles. The van der Waals surface area contributed by atoms with Crippen molar-refractivity contribution in [2.24, 2.45) is 0 Å². The number of unbranched alkanes of at least 4 members (excludes halogenated alkanes) is 1. The van der Waals surface area contributed by atoms with E-state index in [1.807, 2.05) is 26.0 Å². The van der Waals surface area contributed by atoms with Crippen molar-refractivity contribution in [3.8, 4) is 5.75 Å². The average molecular weight is 235 g/mol. The predicted molar refractivity (Wildman–Crippen MR) is 69.6 cm³/mol. The lowest BCUT2D eigenvalue weighted by molar-refractivity contribution is 0.0953. The maximum atomic E-state index is 11.8. The van der Waals surface area contributed by atoms with Crippen molar-refractivity contribution in [2.75, 3.05) is 13.2 Å². The van der Waals surface area contributed by atoms with E-state index in [9.17, 15) is 4.79 Å². The molecule has 0 radical (unpaired) electrons. The summed E-state index contributed by atoms with van der Waals surface area (Å²) in [6.45, 7) is 7.39. The van der Waals surface area contributed by atoms with Gasteiger partial charge in [-0.25, -0.2) is 0 Å². The van der Waals surface area contributed by atoms with E-state index in [1.165, 1.54) is 0 Å². The number of carbonyl (C=O) groups is 1. The number of ether oxygens (including phenoxy) is 1. The fourth-order valence-corrected chi connectivity index (χ4v) is 1.59. The molecule has 0 bridgehead atoms. The molecule has 0 saturated heterocycles. The summed E-state index contributed by atoms with van der Waals surface area (Å²) in [7, 11) is 0. The van der Waals surface area contributed by atoms with Crippen LogP contribution < -0.4 is 10.1 Å². The summed E-state index contributed by atoms with van der Waals surface area (Å²) in [5.74, 6) is 0.835. The molecule has 94 valence electrons. The van der Waals surface area contributed by atoms with Crippen LogP contribution in [0.1, 0.15) is 42.6 Å². The number of amides is 1. The number of nitrogens with one attached hydrogen (secondary N) is 1. The number of benzene rings is 1. The van der Waals surface area contributed by atoms with Crippen LogP contribution in [0, 0.1) is 6.92 Å². The second-order valence-electron chi connectivity index (χ2n) is 4.02. The Morgan fingerprint density at radius 2 is 2.12 bits per heavy atom. The van der Waals surface area contributed by atoms with E-state index in [0.717, 1.165) is 30.7 Å². The Balaban J connectivity index is 2.65. The molecular formula is C14H21NO2. The van der Waals surface area contributed by atoms with Gasteiger partial charge in [-0.2, -0.15) is 0 Å². The monoisotopic (exact) mass is 235 g/mol. The van der Waals surface area contributed by atoms with E-state index >= 15 is 0 Å². The van der Waals surface area contributed by atoms with Crippen molar-refractivity contribution in [2.45, 2.75) is 33.6 Å². The molecular weight excluding hydrogens is 214 g/mol. The molecule has 0 unspecified atom stereocenters. The van der Waals surface area contributed by atoms with Gasteiger partial charge in [0.2, 0.25) is 0 Å². The van der Waals surface area contributed by atoms with Crippen LogP contribution in [-0.4, -0.2) is 19.1 Å². The van der Waals surface area contributed by atoms with Gasteiger partial charge < -0.3 is 10.1 Å². The summed E-state index contributed by atoms with van der Waals surface area (Å²) in [5, 5.41) is 2.90. The minimum absolute atomic E-state index is 0.00963. The molecule has 0 aromatic heterocycles. The predicted octanol–water partition coefficient (Wildman–Crippen LogP) is 2.92. The first-order chi connectivity index (χ1) is 8.19. The smallest absolute Gasteiger partial charge is 0.251 e. The Bertz CT molecular complexity index is 374. The van der Waals surface area contributed by atoms with E-state index in [0.29, 0.717) is 12.2 Å². The van der Waals surface area contributed by atoms with Crippen LogP contribution >= 0.6 is 0 Å². The highest BCUT2D eigenvalue weighted by Gasteiger charge is 2.07. The third-order valence-electron chi connectivity index (χ3n) is 2.55. The highest BCUT2D eigenvalue weighted by Crippen LogP contribution is 2.18. The lowest BCUT2D eigenvalue weighted by Crippen LogP contribution is -2.24. The normalized spacial score (nSPS) is 10.1. The van der Waals surface area contributed by atoms with Crippen molar-refractivity contribution < 1.29 is 9.53 Å². The summed E-state index contributed by atoms with van der Waals surface area (Å²) in [4.78, 5) is 11.8. The second kappa shape index (κ2) is 6.94. The van der Waals surface area contributed by atoms with Crippen molar-refractivity contribution in [3.05, 3.63) is 29.3 Å². The first kappa shape index (κ1) is 13.6. The SMILES string of the molecule is CCCCNC(=O)c1ccc(OCC)c(C)c1. The minimum atomic E-state index is -0.00963. The molecule has 0 fully saturated rings. The van der Waals surface area contributed by atoms with E-state index in [2.05, 4.69) is 12.2 Å². The lowest BCUT2D eigenvalue weighted by Gasteiger charge is -2.09. The first-order valence-corrected chi connectivity index (χ1v) is 6.20. The number of rotatable bonds is 6. The zero-order valence-electron chi connectivity index (χ0n) is 10.9. The minimum Gasteiger partial charge on any atom is -0.494 e. The van der Waals surface area contributed by atoms with E-state index in [-0.39, 0.29) is 5.91 Å². The van der Waals surface area contributed by atoms with Gasteiger partial charge >= 0.3 is 0 Å². The number of carbonyl (C=O) groups excluding carboxylic acids is 1. The Kier molecular flexibility index (Phi) is 5.53. The van der Waals surface area contributed by atoms with Crippen molar-refractivity contribution in [1.82, 2.24) is 5.32 Å². The van der Waals surface area contributed by atoms with Gasteiger partial charge in [0.1, 0.15) is 5.75 Å². The molecule has 0 aliphatic heterocycles. The van der Waals surface area contributed by atoms with E-state index in [4.69, 9.17) is 4.74 Å². The molecule has 3 nitrogen and oxygen atoms in total. The highest BCUT2D eigenvalue weighted by molar-refractivity contribution is 5.94. The van der Waals surface area contributed by atoms with Gasteiger partial charge in [0.15, 0.2) is 0 Å². The molecule has 17 heavy (non-hydrogen) atoms. The largest absolute Gasteiger partial charge is 0.494 e. The highest BCUT2D eigenvalue weighted by atomic mass is 16.5. The van der Waals surface area contributed by atoms with Crippen LogP contribution in [0.25, 0.3) is 0 Å². The average Bonchev–Trinajstić information content (AvgIpc) is 2.32. The van der Waals surface area contributed by atoms with Gasteiger partial charge in [0, 0.05) is 12.1 Å². The fourth-order valence-electron chi connectivity index (χ4n) is 1.59. The Hall–Kier alpha value is -1.51. The van der Waals surface area contributed by atoms with Crippen LogP contribution in [0.4, 0.5) is 0 Å². The summed E-state index contributed by atoms with van der Waals surface area (Å²) in [6, 6.07) is 5.53. The molecule has 3 heteroatoms. The molecule has 1 N–H and O–H groups in total. The number of aryl methyl sites for hydroxylation is 1. The zero-order chi connectivity index (χ0) is 12.7. The summed E-state index contributed by atoms with van der Waals surface area (Å²) >= 11 is 0. The summed E-state index contributed by atoms with van der Waals surface area (Å²) in [6.07, 6.45) is 2.10. The first-order valence-electron chi connectivity index (χ1n) is 6.20. The van der Waals surface area contributed by atoms with Gasteiger partial charge in [0.05, 0.1) is 6.61 Å². The van der Waals surface area contributed by atoms with E-state index < -0.39 is 0 Å². The summed E-state index contributed by atoms with van der Waals surface area (Å²) < 4.78 is 5.44. The molecule has 0 atom stereocenters. The molecule has 1 aromatic rings. The fraction of sp³-hybridized carbons (Fsp3) is 0.500. The Labute approximate surface area is 103 Å². The maximum Gasteiger partial charge on any atom is 0.251 e. The Morgan fingerprint density at radius 3 is 2.71 bits per heavy atom. The molecule has 0 spiro atoms. The third kappa shape index (κ3) is 4.10. The molecule has 1 amide bonds. The Morgan fingerprint density at radius 1 is 1.35 bits per heavy atom. The number of hydrogen-bond donors (Lipinski definition) is 1. The van der Waals surface area contributed by atoms with Gasteiger partial charge in [-0.3, -0.25) is 4.79 Å². The summed E-state index contributed by atoms with van der Waals surface area (Å²) in [5.41, 5.74) is 1.69. The molecule has 0 aliphatic rings. The van der Waals surface area contributed by atoms with Crippen molar-refractivity contribution in [3.63, 3.8) is 0 Å². The third-order valence-corrected chi connectivity index (χ3v) is 2.55. The van der Waals surface area contributed by atoms with Crippen molar-refractivity contribution in [1.29, 1.82) is 0 Å². The molecule has 0 saturated carbocycles. The molecule has 0 heterocycles. The van der Waals surface area contributed by atoms with Crippen LogP contribution in [0.15, 0.2) is 18.2 Å². The van der Waals surface area contributed by atoms with Gasteiger partial charge in [-0.15, -0.1) is 0 Å². The molecule has 0 aliphatic carbocycles. The second-order valence-corrected chi connectivity index (χ2v) is 4.02. The zero-order valence-corrected chi connectivity index (χ0v) is 10.9. The van der Waals surface area contributed by atoms with Crippen LogP contribution in [0.3, 0.4) is 0 Å². The number of hydrogen-bond acceptors (Lipinski definition) is 2. The van der Waals surface area contributed by atoms with Crippen LogP contribution in [0.2, 0.25) is 0 Å². The van der Waals surface area contributed by atoms with Crippen molar-refractivity contribution >= 4 is 5.91 Å². The quantitative estimate of drug-likeness (QED) is 0.770. The lowest BCUT2D eigenvalue weighted by atomic mass is 10.1. The van der Waals surface area contributed by atoms with Crippen LogP contribution in [0.5, 0.6) is 5.75 Å². The topological polar surface area (TPSA) is 38.3 Å². The standard InChI is InChI=1S/C14H21NO2/c1-4-6-9-15-14(16)12-7-8-13(17-5-2)11(3)10-12/h7-8,10H,4-6,9H2,1-3H3,(H,15,16). The van der Waals surface area contributed by atoms with Gasteiger partial charge in [0.25, 0.3) is 5.91 Å². The van der Waals surface area contributed by atoms with Gasteiger partial charge in [-0.05, 0) is 44.0 Å². The van der Waals surface area contributed by atoms with E-state index in [1.54, 1.807) is 6.07 Å². The van der Waals surface area contributed by atoms with Crippen LogP contribution in [-0.2, 0) is 0 Å². The van der Waals surface area contributed by atoms with Gasteiger partial charge in [-0.1, -0.05) is 13.3 Å².